The second-order valence-corrected chi connectivity index (χ2v) is 4.22. The summed E-state index contributed by atoms with van der Waals surface area (Å²) >= 11 is 1.26. The van der Waals surface area contributed by atoms with Crippen LogP contribution in [-0.4, -0.2) is 8.76 Å². The van der Waals surface area contributed by atoms with E-state index in [0.29, 0.717) is 5.58 Å². The Morgan fingerprint density at radius 2 is 2.23 bits per heavy atom. The molecule has 0 amide bonds. The number of hydrogen-bond donors (Lipinski definition) is 1. The number of benzene rings is 1. The van der Waals surface area contributed by atoms with Crippen LogP contribution in [0, 0.1) is 0 Å². The van der Waals surface area contributed by atoms with Gasteiger partial charge >= 0.3 is 0 Å². The van der Waals surface area contributed by atoms with Gasteiger partial charge in [0, 0.05) is 15.9 Å². The van der Waals surface area contributed by atoms with Gasteiger partial charge in [0.15, 0.2) is 0 Å². The maximum atomic E-state index is 10.7. The van der Waals surface area contributed by atoms with E-state index in [2.05, 4.69) is 15.9 Å². The minimum atomic E-state index is -2.06. The summed E-state index contributed by atoms with van der Waals surface area (Å²) in [4.78, 5) is 0. The van der Waals surface area contributed by atoms with Crippen LogP contribution in [0.2, 0.25) is 0 Å². The molecular weight excluding hydrogens is 256 g/mol. The van der Waals surface area contributed by atoms with Gasteiger partial charge in [-0.2, -0.15) is 0 Å². The molecule has 0 aliphatic carbocycles. The molecule has 1 atom stereocenters. The summed E-state index contributed by atoms with van der Waals surface area (Å²) in [6, 6.07) is 6.95. The first-order chi connectivity index (χ1) is 6.18. The lowest BCUT2D eigenvalue weighted by molar-refractivity contribution is 0.469. The van der Waals surface area contributed by atoms with Crippen LogP contribution in [0.5, 0.6) is 0 Å². The zero-order chi connectivity index (χ0) is 9.42. The van der Waals surface area contributed by atoms with Gasteiger partial charge in [0.05, 0.1) is 0 Å². The molecule has 0 bridgehead atoms. The highest BCUT2D eigenvalue weighted by molar-refractivity contribution is 9.10. The Morgan fingerprint density at radius 1 is 1.46 bits per heavy atom. The van der Waals surface area contributed by atoms with Crippen LogP contribution in [0.1, 0.15) is 0 Å². The Morgan fingerprint density at radius 3 is 2.85 bits per heavy atom. The van der Waals surface area contributed by atoms with Crippen LogP contribution in [0.15, 0.2) is 38.2 Å². The molecule has 0 fully saturated rings. The van der Waals surface area contributed by atoms with Crippen molar-refractivity contribution in [2.24, 2.45) is 0 Å². The molecule has 2 rings (SSSR count). The summed E-state index contributed by atoms with van der Waals surface area (Å²) in [5.74, 6) is 0. The van der Waals surface area contributed by atoms with Gasteiger partial charge in [-0.15, -0.1) is 0 Å². The zero-order valence-corrected chi connectivity index (χ0v) is 8.76. The van der Waals surface area contributed by atoms with Crippen LogP contribution < -0.4 is 0 Å². The molecule has 3 nitrogen and oxygen atoms in total. The first-order valence-electron chi connectivity index (χ1n) is 3.47. The predicted octanol–water partition coefficient (Wildman–Crippen LogP) is 2.78. The third-order valence-electron chi connectivity index (χ3n) is 1.66. The normalized spacial score (nSPS) is 13.4. The van der Waals surface area contributed by atoms with E-state index in [4.69, 9.17) is 8.97 Å². The molecule has 0 spiro atoms. The largest absolute Gasteiger partial charge is 0.445 e. The first kappa shape index (κ1) is 8.93. The van der Waals surface area contributed by atoms with E-state index >= 15 is 0 Å². The molecule has 68 valence electrons. The van der Waals surface area contributed by atoms with Gasteiger partial charge in [0.2, 0.25) is 16.2 Å². The second kappa shape index (κ2) is 3.25. The van der Waals surface area contributed by atoms with Gasteiger partial charge in [0.25, 0.3) is 0 Å². The summed E-state index contributed by atoms with van der Waals surface area (Å²) in [6.45, 7) is 0. The smallest absolute Gasteiger partial charge is 0.223 e. The minimum absolute atomic E-state index is 0.0712. The van der Waals surface area contributed by atoms with E-state index < -0.39 is 11.1 Å². The fraction of sp³-hybridized carbons (Fsp3) is 0. The molecule has 0 saturated heterocycles. The molecule has 0 aliphatic rings. The average Bonchev–Trinajstić information content (AvgIpc) is 2.49. The second-order valence-electron chi connectivity index (χ2n) is 2.47. The maximum Gasteiger partial charge on any atom is 0.223 e. The topological polar surface area (TPSA) is 50.4 Å². The Labute approximate surface area is 85.2 Å². The molecular formula is C8H5BrO3S. The van der Waals surface area contributed by atoms with Crippen LogP contribution in [0.4, 0.5) is 0 Å². The van der Waals surface area contributed by atoms with E-state index in [0.717, 1.165) is 9.86 Å². The molecule has 2 aromatic rings. The molecule has 0 saturated carbocycles. The lowest BCUT2D eigenvalue weighted by Crippen LogP contribution is -1.81. The summed E-state index contributed by atoms with van der Waals surface area (Å²) in [7, 11) is 0. The van der Waals surface area contributed by atoms with Crippen LogP contribution in [0.3, 0.4) is 0 Å². The van der Waals surface area contributed by atoms with Crippen molar-refractivity contribution in [1.82, 2.24) is 0 Å². The molecule has 13 heavy (non-hydrogen) atoms. The standard InChI is InChI=1S/C8H5BrO3S/c9-6-2-1-3-7-5(6)4-8(12-7)13(10)11/h1-4H,(H,10,11). The summed E-state index contributed by atoms with van der Waals surface area (Å²) in [5.41, 5.74) is 0.603. The minimum Gasteiger partial charge on any atom is -0.445 e. The number of hydrogen-bond acceptors (Lipinski definition) is 2. The van der Waals surface area contributed by atoms with E-state index in [1.165, 1.54) is 0 Å². The van der Waals surface area contributed by atoms with E-state index in [1.807, 2.05) is 6.07 Å². The Hall–Kier alpha value is -0.650. The number of halogens is 1. The zero-order valence-electron chi connectivity index (χ0n) is 6.36. The Balaban J connectivity index is 2.75. The van der Waals surface area contributed by atoms with E-state index in [9.17, 15) is 4.21 Å². The van der Waals surface area contributed by atoms with Gasteiger partial charge in [-0.25, -0.2) is 4.21 Å². The monoisotopic (exact) mass is 260 g/mol. The van der Waals surface area contributed by atoms with Gasteiger partial charge in [-0.1, -0.05) is 22.0 Å². The van der Waals surface area contributed by atoms with Crippen LogP contribution >= 0.6 is 15.9 Å². The SMILES string of the molecule is O=S(O)c1cc2c(Br)cccc2o1. The van der Waals surface area contributed by atoms with Crippen molar-refractivity contribution in [2.75, 3.05) is 0 Å². The van der Waals surface area contributed by atoms with Crippen molar-refractivity contribution in [3.8, 4) is 0 Å². The molecule has 1 heterocycles. The van der Waals surface area contributed by atoms with Gasteiger partial charge in [0.1, 0.15) is 5.58 Å². The maximum absolute atomic E-state index is 10.7. The Bertz CT molecular complexity index is 477. The Kier molecular flexibility index (Phi) is 2.23. The number of fused-ring (bicyclic) bond motifs is 1. The van der Waals surface area contributed by atoms with E-state index in [-0.39, 0.29) is 5.09 Å². The van der Waals surface area contributed by atoms with E-state index in [1.54, 1.807) is 18.2 Å². The van der Waals surface area contributed by atoms with Crippen molar-refractivity contribution < 1.29 is 13.2 Å². The van der Waals surface area contributed by atoms with Crippen molar-refractivity contribution in [2.45, 2.75) is 5.09 Å². The molecule has 1 N–H and O–H groups in total. The number of rotatable bonds is 1. The summed E-state index contributed by atoms with van der Waals surface area (Å²) < 4.78 is 25.4. The summed E-state index contributed by atoms with van der Waals surface area (Å²) in [5, 5.41) is 0.877. The molecule has 5 heteroatoms. The third kappa shape index (κ3) is 1.54. The predicted molar refractivity (Wildman–Crippen MR) is 53.0 cm³/mol. The quantitative estimate of drug-likeness (QED) is 0.803. The van der Waals surface area contributed by atoms with Gasteiger partial charge < -0.3 is 4.42 Å². The molecule has 0 radical (unpaired) electrons. The highest BCUT2D eigenvalue weighted by Crippen LogP contribution is 2.27. The van der Waals surface area contributed by atoms with Crippen LogP contribution in [-0.2, 0) is 11.1 Å². The van der Waals surface area contributed by atoms with Crippen molar-refractivity contribution in [3.05, 3.63) is 28.7 Å². The fourth-order valence-corrected chi connectivity index (χ4v) is 1.93. The van der Waals surface area contributed by atoms with Crippen molar-refractivity contribution in [3.63, 3.8) is 0 Å². The molecule has 1 aromatic carbocycles. The average molecular weight is 261 g/mol. The van der Waals surface area contributed by atoms with Gasteiger partial charge in [-0.3, -0.25) is 4.55 Å². The number of furan rings is 1. The fourth-order valence-electron chi connectivity index (χ4n) is 1.09. The van der Waals surface area contributed by atoms with Crippen molar-refractivity contribution >= 4 is 38.0 Å². The highest BCUT2D eigenvalue weighted by atomic mass is 79.9. The lowest BCUT2D eigenvalue weighted by Gasteiger charge is -1.88. The van der Waals surface area contributed by atoms with Crippen molar-refractivity contribution in [1.29, 1.82) is 0 Å². The summed E-state index contributed by atoms with van der Waals surface area (Å²) in [6.07, 6.45) is 0. The van der Waals surface area contributed by atoms with Gasteiger partial charge in [-0.05, 0) is 12.1 Å². The van der Waals surface area contributed by atoms with Crippen LogP contribution in [0.25, 0.3) is 11.0 Å². The molecule has 1 aromatic heterocycles. The lowest BCUT2D eigenvalue weighted by atomic mass is 10.3. The third-order valence-corrected chi connectivity index (χ3v) is 2.89. The highest BCUT2D eigenvalue weighted by Gasteiger charge is 2.09. The first-order valence-corrected chi connectivity index (χ1v) is 5.37. The molecule has 1 unspecified atom stereocenters. The molecule has 0 aliphatic heterocycles.